The lowest BCUT2D eigenvalue weighted by molar-refractivity contribution is -0.137. The first kappa shape index (κ1) is 13.1. The molecule has 0 spiro atoms. The van der Waals surface area contributed by atoms with Crippen molar-refractivity contribution < 1.29 is 14.7 Å². The summed E-state index contributed by atoms with van der Waals surface area (Å²) in [4.78, 5) is 28.3. The molecule has 102 valence electrons. The van der Waals surface area contributed by atoms with E-state index in [1.165, 1.54) is 4.90 Å². The first-order valence-corrected chi connectivity index (χ1v) is 6.31. The molecule has 1 N–H and O–H groups in total. The molecule has 2 aliphatic rings. The summed E-state index contributed by atoms with van der Waals surface area (Å²) in [6.45, 7) is 9.19. The molecule has 6 nitrogen and oxygen atoms in total. The molecule has 1 atom stereocenters. The van der Waals surface area contributed by atoms with E-state index in [1.807, 2.05) is 4.90 Å². The minimum Gasteiger partial charge on any atom is -0.480 e. The van der Waals surface area contributed by atoms with E-state index < -0.39 is 5.97 Å². The molecule has 6 heteroatoms. The van der Waals surface area contributed by atoms with E-state index in [9.17, 15) is 9.59 Å². The number of fused-ring (bicyclic) bond motifs is 1. The Hall–Kier alpha value is -1.30. The highest BCUT2D eigenvalue weighted by molar-refractivity contribution is 5.82. The second kappa shape index (κ2) is 4.42. The average molecular weight is 255 g/mol. The van der Waals surface area contributed by atoms with Gasteiger partial charge in [0.2, 0.25) is 0 Å². The SMILES string of the molecule is CC(C)(C)N1CCN2C(=O)N(CC(=O)O)CC2C1. The molecule has 2 aliphatic heterocycles. The predicted octanol–water partition coefficient (Wildman–Crippen LogP) is 0.291. The Morgan fingerprint density at radius 1 is 1.33 bits per heavy atom. The van der Waals surface area contributed by atoms with Gasteiger partial charge in [0.25, 0.3) is 0 Å². The quantitative estimate of drug-likeness (QED) is 0.770. The van der Waals surface area contributed by atoms with Crippen molar-refractivity contribution in [2.24, 2.45) is 0 Å². The van der Waals surface area contributed by atoms with Crippen LogP contribution in [0, 0.1) is 0 Å². The Morgan fingerprint density at radius 2 is 2.00 bits per heavy atom. The topological polar surface area (TPSA) is 64.1 Å². The first-order chi connectivity index (χ1) is 8.29. The fraction of sp³-hybridized carbons (Fsp3) is 0.833. The van der Waals surface area contributed by atoms with Gasteiger partial charge < -0.3 is 14.9 Å². The number of carboxylic acids is 1. The Kier molecular flexibility index (Phi) is 3.23. The second-order valence-corrected chi connectivity index (χ2v) is 6.02. The van der Waals surface area contributed by atoms with Crippen LogP contribution in [0.1, 0.15) is 20.8 Å². The van der Waals surface area contributed by atoms with Crippen LogP contribution in [0.5, 0.6) is 0 Å². The van der Waals surface area contributed by atoms with Crippen LogP contribution < -0.4 is 0 Å². The van der Waals surface area contributed by atoms with E-state index in [1.54, 1.807) is 0 Å². The summed E-state index contributed by atoms with van der Waals surface area (Å²) in [5.41, 5.74) is 0.0926. The van der Waals surface area contributed by atoms with Gasteiger partial charge in [0.15, 0.2) is 0 Å². The molecular formula is C12H21N3O3. The van der Waals surface area contributed by atoms with Crippen LogP contribution in [0.25, 0.3) is 0 Å². The zero-order valence-electron chi connectivity index (χ0n) is 11.2. The summed E-state index contributed by atoms with van der Waals surface area (Å²) in [7, 11) is 0. The number of carbonyl (C=O) groups excluding carboxylic acids is 1. The van der Waals surface area contributed by atoms with Gasteiger partial charge in [0, 0.05) is 31.7 Å². The van der Waals surface area contributed by atoms with Crippen molar-refractivity contribution in [1.82, 2.24) is 14.7 Å². The Morgan fingerprint density at radius 3 is 2.56 bits per heavy atom. The van der Waals surface area contributed by atoms with Crippen LogP contribution in [-0.4, -0.2) is 76.1 Å². The molecule has 0 aromatic carbocycles. The zero-order chi connectivity index (χ0) is 13.5. The van der Waals surface area contributed by atoms with Crippen molar-refractivity contribution in [1.29, 1.82) is 0 Å². The van der Waals surface area contributed by atoms with Gasteiger partial charge in [-0.25, -0.2) is 4.79 Å². The molecule has 0 aliphatic carbocycles. The summed E-state index contributed by atoms with van der Waals surface area (Å²) in [6.07, 6.45) is 0. The van der Waals surface area contributed by atoms with Gasteiger partial charge >= 0.3 is 12.0 Å². The number of carboxylic acid groups (broad SMARTS) is 1. The van der Waals surface area contributed by atoms with E-state index in [0.717, 1.165) is 13.1 Å². The van der Waals surface area contributed by atoms with E-state index in [4.69, 9.17) is 5.11 Å². The standard InChI is InChI=1S/C12H21N3O3/c1-12(2,3)14-4-5-15-9(7-14)6-13(11(15)18)8-10(16)17/h9H,4-8H2,1-3H3,(H,16,17). The number of carbonyl (C=O) groups is 2. The number of aliphatic carboxylic acids is 1. The maximum atomic E-state index is 12.0. The van der Waals surface area contributed by atoms with Crippen molar-refractivity contribution >= 4 is 12.0 Å². The summed E-state index contributed by atoms with van der Waals surface area (Å²) in [6, 6.07) is 0.000726. The summed E-state index contributed by atoms with van der Waals surface area (Å²) in [5, 5.41) is 8.78. The lowest BCUT2D eigenvalue weighted by Gasteiger charge is -2.43. The Balaban J connectivity index is 2.03. The Bertz CT molecular complexity index is 364. The number of amides is 2. The van der Waals surface area contributed by atoms with Crippen molar-refractivity contribution in [2.45, 2.75) is 32.4 Å². The summed E-state index contributed by atoms with van der Waals surface area (Å²) in [5.74, 6) is -0.948. The smallest absolute Gasteiger partial charge is 0.323 e. The van der Waals surface area contributed by atoms with Gasteiger partial charge in [0.05, 0.1) is 6.04 Å². The van der Waals surface area contributed by atoms with Crippen LogP contribution in [0.3, 0.4) is 0 Å². The van der Waals surface area contributed by atoms with Gasteiger partial charge in [-0.1, -0.05) is 0 Å². The van der Waals surface area contributed by atoms with Crippen molar-refractivity contribution in [3.8, 4) is 0 Å². The number of piperazine rings is 1. The van der Waals surface area contributed by atoms with Crippen molar-refractivity contribution in [3.05, 3.63) is 0 Å². The molecule has 1 unspecified atom stereocenters. The highest BCUT2D eigenvalue weighted by Crippen LogP contribution is 2.24. The number of nitrogens with zero attached hydrogens (tertiary/aromatic N) is 3. The third-order valence-electron chi connectivity index (χ3n) is 3.70. The van der Waals surface area contributed by atoms with Gasteiger partial charge in [-0.15, -0.1) is 0 Å². The van der Waals surface area contributed by atoms with Crippen LogP contribution in [-0.2, 0) is 4.79 Å². The molecule has 0 bridgehead atoms. The summed E-state index contributed by atoms with van der Waals surface area (Å²) >= 11 is 0. The number of rotatable bonds is 2. The van der Waals surface area contributed by atoms with Gasteiger partial charge in [-0.3, -0.25) is 9.69 Å². The fourth-order valence-corrected chi connectivity index (χ4v) is 2.68. The second-order valence-electron chi connectivity index (χ2n) is 6.02. The Labute approximate surface area is 107 Å². The van der Waals surface area contributed by atoms with E-state index in [-0.39, 0.29) is 24.2 Å². The summed E-state index contributed by atoms with van der Waals surface area (Å²) < 4.78 is 0. The lowest BCUT2D eigenvalue weighted by atomic mass is 10.0. The highest BCUT2D eigenvalue weighted by Gasteiger charge is 2.42. The molecule has 2 saturated heterocycles. The molecule has 18 heavy (non-hydrogen) atoms. The first-order valence-electron chi connectivity index (χ1n) is 6.31. The molecule has 0 aromatic heterocycles. The largest absolute Gasteiger partial charge is 0.480 e. The zero-order valence-corrected chi connectivity index (χ0v) is 11.2. The normalized spacial score (nSPS) is 25.5. The molecule has 2 amide bonds. The van der Waals surface area contributed by atoms with Crippen LogP contribution in [0.2, 0.25) is 0 Å². The third kappa shape index (κ3) is 2.43. The molecule has 2 fully saturated rings. The third-order valence-corrected chi connectivity index (χ3v) is 3.70. The lowest BCUT2D eigenvalue weighted by Crippen LogP contribution is -2.57. The fourth-order valence-electron chi connectivity index (χ4n) is 2.68. The minimum atomic E-state index is -0.948. The van der Waals surface area contributed by atoms with Crippen LogP contribution in [0.15, 0.2) is 0 Å². The van der Waals surface area contributed by atoms with Gasteiger partial charge in [0.1, 0.15) is 6.54 Å². The molecule has 0 saturated carbocycles. The average Bonchev–Trinajstić information content (AvgIpc) is 2.53. The van der Waals surface area contributed by atoms with Crippen molar-refractivity contribution in [3.63, 3.8) is 0 Å². The maximum absolute atomic E-state index is 12.0. The van der Waals surface area contributed by atoms with Gasteiger partial charge in [-0.05, 0) is 20.8 Å². The molecule has 0 radical (unpaired) electrons. The molecule has 2 heterocycles. The highest BCUT2D eigenvalue weighted by atomic mass is 16.4. The van der Waals surface area contributed by atoms with Crippen molar-refractivity contribution in [2.75, 3.05) is 32.7 Å². The van der Waals surface area contributed by atoms with E-state index >= 15 is 0 Å². The predicted molar refractivity (Wildman–Crippen MR) is 66.4 cm³/mol. The van der Waals surface area contributed by atoms with Crippen LogP contribution >= 0.6 is 0 Å². The van der Waals surface area contributed by atoms with Gasteiger partial charge in [-0.2, -0.15) is 0 Å². The molecular weight excluding hydrogens is 234 g/mol. The molecule has 2 rings (SSSR count). The van der Waals surface area contributed by atoms with E-state index in [2.05, 4.69) is 25.7 Å². The number of urea groups is 1. The monoisotopic (exact) mass is 255 g/mol. The van der Waals surface area contributed by atoms with E-state index in [0.29, 0.717) is 13.1 Å². The van der Waals surface area contributed by atoms with Crippen LogP contribution in [0.4, 0.5) is 4.79 Å². The minimum absolute atomic E-state index is 0.0926. The molecule has 0 aromatic rings. The maximum Gasteiger partial charge on any atom is 0.323 e. The number of hydrogen-bond acceptors (Lipinski definition) is 3. The number of hydrogen-bond donors (Lipinski definition) is 1.